The summed E-state index contributed by atoms with van der Waals surface area (Å²) in [5.41, 5.74) is 1.19. The van der Waals surface area contributed by atoms with Crippen molar-refractivity contribution in [3.63, 3.8) is 0 Å². The van der Waals surface area contributed by atoms with Gasteiger partial charge < -0.3 is 14.8 Å². The summed E-state index contributed by atoms with van der Waals surface area (Å²) < 4.78 is 10.8. The van der Waals surface area contributed by atoms with Gasteiger partial charge in [0.15, 0.2) is 0 Å². The van der Waals surface area contributed by atoms with E-state index in [1.807, 2.05) is 19.2 Å². The molecule has 0 aromatic heterocycles. The number of methoxy groups -OCH3 is 1. The van der Waals surface area contributed by atoms with E-state index in [4.69, 9.17) is 21.1 Å². The molecule has 2 rings (SSSR count). The molecular formula is C14H20ClNO2. The Kier molecular flexibility index (Phi) is 4.49. The molecule has 1 heterocycles. The molecule has 4 heteroatoms. The summed E-state index contributed by atoms with van der Waals surface area (Å²) in [5.74, 6) is 1.20. The van der Waals surface area contributed by atoms with Crippen LogP contribution in [0.15, 0.2) is 18.2 Å². The topological polar surface area (TPSA) is 30.5 Å². The van der Waals surface area contributed by atoms with E-state index in [0.29, 0.717) is 16.7 Å². The molecule has 3 unspecified atom stereocenters. The van der Waals surface area contributed by atoms with Crippen LogP contribution in [0.25, 0.3) is 0 Å². The maximum absolute atomic E-state index is 6.19. The summed E-state index contributed by atoms with van der Waals surface area (Å²) >= 11 is 6.19. The third kappa shape index (κ3) is 2.63. The normalized spacial score (nSPS) is 25.1. The van der Waals surface area contributed by atoms with Crippen LogP contribution >= 0.6 is 11.6 Å². The molecule has 100 valence electrons. The number of rotatable bonds is 4. The van der Waals surface area contributed by atoms with Gasteiger partial charge in [0.1, 0.15) is 5.75 Å². The van der Waals surface area contributed by atoms with Crippen LogP contribution in [0.2, 0.25) is 5.02 Å². The van der Waals surface area contributed by atoms with E-state index in [1.165, 1.54) is 5.56 Å². The lowest BCUT2D eigenvalue weighted by molar-refractivity contribution is 0.0963. The fraction of sp³-hybridized carbons (Fsp3) is 0.571. The molecule has 3 atom stereocenters. The minimum absolute atomic E-state index is 0.269. The Morgan fingerprint density at radius 2 is 2.28 bits per heavy atom. The van der Waals surface area contributed by atoms with Gasteiger partial charge in [0.25, 0.3) is 0 Å². The predicted octanol–water partition coefficient (Wildman–Crippen LogP) is 3.03. The van der Waals surface area contributed by atoms with Crippen LogP contribution in [-0.2, 0) is 4.74 Å². The second-order valence-corrected chi connectivity index (χ2v) is 5.10. The van der Waals surface area contributed by atoms with Crippen LogP contribution in [-0.4, -0.2) is 26.9 Å². The van der Waals surface area contributed by atoms with Crippen LogP contribution < -0.4 is 10.1 Å². The Morgan fingerprint density at radius 3 is 2.78 bits per heavy atom. The molecule has 1 aromatic rings. The van der Waals surface area contributed by atoms with Crippen molar-refractivity contribution in [3.8, 4) is 5.75 Å². The van der Waals surface area contributed by atoms with Crippen LogP contribution in [0.4, 0.5) is 0 Å². The van der Waals surface area contributed by atoms with Crippen LogP contribution in [0, 0.1) is 5.92 Å². The van der Waals surface area contributed by atoms with Crippen molar-refractivity contribution in [2.24, 2.45) is 5.92 Å². The zero-order valence-electron chi connectivity index (χ0n) is 11.1. The highest BCUT2D eigenvalue weighted by molar-refractivity contribution is 6.32. The molecule has 18 heavy (non-hydrogen) atoms. The van der Waals surface area contributed by atoms with Gasteiger partial charge in [-0.3, -0.25) is 0 Å². The largest absolute Gasteiger partial charge is 0.495 e. The van der Waals surface area contributed by atoms with Crippen molar-refractivity contribution in [1.82, 2.24) is 5.32 Å². The first kappa shape index (κ1) is 13.7. The van der Waals surface area contributed by atoms with E-state index in [1.54, 1.807) is 7.11 Å². The number of benzene rings is 1. The molecule has 0 bridgehead atoms. The zero-order valence-corrected chi connectivity index (χ0v) is 11.8. The lowest BCUT2D eigenvalue weighted by atomic mass is 9.88. The first-order chi connectivity index (χ1) is 8.67. The van der Waals surface area contributed by atoms with Gasteiger partial charge in [-0.2, -0.15) is 0 Å². The van der Waals surface area contributed by atoms with E-state index < -0.39 is 0 Å². The Balaban J connectivity index is 2.24. The van der Waals surface area contributed by atoms with Gasteiger partial charge in [-0.25, -0.2) is 0 Å². The van der Waals surface area contributed by atoms with Crippen molar-refractivity contribution in [2.75, 3.05) is 20.8 Å². The van der Waals surface area contributed by atoms with Gasteiger partial charge in [-0.1, -0.05) is 17.7 Å². The average Bonchev–Trinajstić information content (AvgIpc) is 2.77. The summed E-state index contributed by atoms with van der Waals surface area (Å²) in [6.45, 7) is 2.97. The van der Waals surface area contributed by atoms with E-state index in [-0.39, 0.29) is 12.1 Å². The summed E-state index contributed by atoms with van der Waals surface area (Å²) in [7, 11) is 3.61. The highest BCUT2D eigenvalue weighted by atomic mass is 35.5. The van der Waals surface area contributed by atoms with Crippen LogP contribution in [0.1, 0.15) is 24.9 Å². The molecule has 0 aliphatic carbocycles. The van der Waals surface area contributed by atoms with Gasteiger partial charge >= 0.3 is 0 Å². The monoisotopic (exact) mass is 269 g/mol. The quantitative estimate of drug-likeness (QED) is 0.911. The lowest BCUT2D eigenvalue weighted by Crippen LogP contribution is -2.29. The molecule has 1 fully saturated rings. The molecule has 3 nitrogen and oxygen atoms in total. The Bertz CT molecular complexity index is 411. The van der Waals surface area contributed by atoms with Crippen LogP contribution in [0.3, 0.4) is 0 Å². The number of ether oxygens (including phenoxy) is 2. The standard InChI is InChI=1S/C14H20ClNO2/c1-9-11(6-7-18-9)14(16-2)10-4-5-13(17-3)12(15)8-10/h4-5,8-9,11,14,16H,6-7H2,1-3H3. The van der Waals surface area contributed by atoms with Crippen molar-refractivity contribution in [1.29, 1.82) is 0 Å². The first-order valence-electron chi connectivity index (χ1n) is 6.29. The number of nitrogens with one attached hydrogen (secondary N) is 1. The van der Waals surface area contributed by atoms with Crippen molar-refractivity contribution in [2.45, 2.75) is 25.5 Å². The van der Waals surface area contributed by atoms with Crippen molar-refractivity contribution in [3.05, 3.63) is 28.8 Å². The second kappa shape index (κ2) is 5.91. The summed E-state index contributed by atoms with van der Waals surface area (Å²) in [6.07, 6.45) is 1.36. The maximum atomic E-state index is 6.19. The van der Waals surface area contributed by atoms with Crippen LogP contribution in [0.5, 0.6) is 5.75 Å². The fourth-order valence-corrected chi connectivity index (χ4v) is 2.96. The smallest absolute Gasteiger partial charge is 0.137 e. The van der Waals surface area contributed by atoms with E-state index in [0.717, 1.165) is 13.0 Å². The van der Waals surface area contributed by atoms with Gasteiger partial charge in [-0.15, -0.1) is 0 Å². The lowest BCUT2D eigenvalue weighted by Gasteiger charge is -2.26. The van der Waals surface area contributed by atoms with Gasteiger partial charge in [0, 0.05) is 18.6 Å². The second-order valence-electron chi connectivity index (χ2n) is 4.69. The predicted molar refractivity (Wildman–Crippen MR) is 73.3 cm³/mol. The van der Waals surface area contributed by atoms with Crippen molar-refractivity contribution < 1.29 is 9.47 Å². The Hall–Kier alpha value is -0.770. The highest BCUT2D eigenvalue weighted by Gasteiger charge is 2.32. The molecular weight excluding hydrogens is 250 g/mol. The molecule has 0 radical (unpaired) electrons. The Labute approximate surface area is 113 Å². The minimum Gasteiger partial charge on any atom is -0.495 e. The third-order valence-electron chi connectivity index (χ3n) is 3.71. The molecule has 1 saturated heterocycles. The minimum atomic E-state index is 0.269. The molecule has 1 N–H and O–H groups in total. The molecule has 1 aliphatic rings. The average molecular weight is 270 g/mol. The molecule has 1 aliphatic heterocycles. The molecule has 0 saturated carbocycles. The summed E-state index contributed by atoms with van der Waals surface area (Å²) in [6, 6.07) is 6.23. The summed E-state index contributed by atoms with van der Waals surface area (Å²) in [5, 5.41) is 4.03. The number of hydrogen-bond acceptors (Lipinski definition) is 3. The molecule has 0 spiro atoms. The van der Waals surface area contributed by atoms with E-state index in [9.17, 15) is 0 Å². The summed E-state index contributed by atoms with van der Waals surface area (Å²) in [4.78, 5) is 0. The maximum Gasteiger partial charge on any atom is 0.137 e. The van der Waals surface area contributed by atoms with Gasteiger partial charge in [0.2, 0.25) is 0 Å². The third-order valence-corrected chi connectivity index (χ3v) is 4.00. The first-order valence-corrected chi connectivity index (χ1v) is 6.67. The SMILES string of the molecule is CNC(c1ccc(OC)c(Cl)c1)C1CCOC1C. The van der Waals surface area contributed by atoms with Gasteiger partial charge in [0.05, 0.1) is 18.2 Å². The number of halogens is 1. The van der Waals surface area contributed by atoms with Crippen molar-refractivity contribution >= 4 is 11.6 Å². The zero-order chi connectivity index (χ0) is 13.1. The van der Waals surface area contributed by atoms with Gasteiger partial charge in [-0.05, 0) is 38.1 Å². The fourth-order valence-electron chi connectivity index (χ4n) is 2.69. The van der Waals surface area contributed by atoms with E-state index >= 15 is 0 Å². The molecule has 0 amide bonds. The molecule has 1 aromatic carbocycles. The van der Waals surface area contributed by atoms with E-state index in [2.05, 4.69) is 18.3 Å². The number of hydrogen-bond donors (Lipinski definition) is 1. The highest BCUT2D eigenvalue weighted by Crippen LogP contribution is 2.35. The Morgan fingerprint density at radius 1 is 1.50 bits per heavy atom.